The van der Waals surface area contributed by atoms with Gasteiger partial charge in [-0.3, -0.25) is 10.6 Å². The van der Waals surface area contributed by atoms with Crippen LogP contribution >= 0.6 is 0 Å². The topological polar surface area (TPSA) is 69.4 Å². The molecule has 27 heavy (non-hydrogen) atoms. The van der Waals surface area contributed by atoms with Crippen molar-refractivity contribution < 1.29 is 4.74 Å². The van der Waals surface area contributed by atoms with Crippen LogP contribution in [0.25, 0.3) is 5.57 Å². The van der Waals surface area contributed by atoms with Gasteiger partial charge < -0.3 is 20.7 Å². The molecule has 5 N–H and O–H groups in total. The molecule has 0 amide bonds. The average molecular weight is 372 g/mol. The highest BCUT2D eigenvalue weighted by Gasteiger charge is 2.26. The Bertz CT molecular complexity index is 704. The van der Waals surface area contributed by atoms with Crippen molar-refractivity contribution in [3.8, 4) is 5.75 Å². The maximum atomic E-state index is 6.04. The van der Waals surface area contributed by atoms with Gasteiger partial charge in [0.2, 0.25) is 0 Å². The fourth-order valence-corrected chi connectivity index (χ4v) is 4.42. The first kappa shape index (κ1) is 18.7. The van der Waals surface area contributed by atoms with Crippen LogP contribution in [0.1, 0.15) is 37.8 Å². The van der Waals surface area contributed by atoms with Crippen molar-refractivity contribution in [2.45, 2.75) is 51.6 Å². The molecule has 0 radical (unpaired) electrons. The summed E-state index contributed by atoms with van der Waals surface area (Å²) in [6, 6.07) is 4.98. The number of anilines is 1. The zero-order chi connectivity index (χ0) is 18.8. The second kappa shape index (κ2) is 8.19. The fraction of sp³-hybridized carbons (Fsp3) is 0.619. The first-order valence-electron chi connectivity index (χ1n) is 10.3. The van der Waals surface area contributed by atoms with Crippen molar-refractivity contribution in [2.24, 2.45) is 5.92 Å². The van der Waals surface area contributed by atoms with E-state index in [1.165, 1.54) is 16.7 Å². The predicted molar refractivity (Wildman–Crippen MR) is 111 cm³/mol. The highest BCUT2D eigenvalue weighted by atomic mass is 16.5. The minimum atomic E-state index is 0.0432. The summed E-state index contributed by atoms with van der Waals surface area (Å²) in [7, 11) is 2.01. The monoisotopic (exact) mass is 371 g/mol. The molecule has 0 aliphatic carbocycles. The summed E-state index contributed by atoms with van der Waals surface area (Å²) < 4.78 is 6.04. The standard InChI is InChI=1S/C21H33N5O/c1-13-12-23-7-4-5-17(13)18-11-16(10-15-6-8-27-20(15)18)25-21-24-14(2)9-19(22-3)26-21/h5,10-11,13-14,19,21-26H,4,6-9,12H2,1-3H3. The Balaban J connectivity index is 1.62. The van der Waals surface area contributed by atoms with E-state index in [4.69, 9.17) is 4.74 Å². The molecule has 6 heteroatoms. The Kier molecular flexibility index (Phi) is 5.68. The molecule has 1 aromatic carbocycles. The van der Waals surface area contributed by atoms with Crippen molar-refractivity contribution in [1.82, 2.24) is 21.3 Å². The Morgan fingerprint density at radius 3 is 2.93 bits per heavy atom. The summed E-state index contributed by atoms with van der Waals surface area (Å²) in [6.07, 6.45) is 5.86. The van der Waals surface area contributed by atoms with Gasteiger partial charge >= 0.3 is 0 Å². The molecule has 0 aromatic heterocycles. The number of ether oxygens (including phenoxy) is 1. The summed E-state index contributed by atoms with van der Waals surface area (Å²) >= 11 is 0. The van der Waals surface area contributed by atoms with Crippen molar-refractivity contribution in [2.75, 3.05) is 32.1 Å². The third-order valence-electron chi connectivity index (χ3n) is 5.83. The van der Waals surface area contributed by atoms with Gasteiger partial charge in [0, 0.05) is 35.8 Å². The van der Waals surface area contributed by atoms with E-state index in [9.17, 15) is 0 Å². The molecule has 148 valence electrons. The van der Waals surface area contributed by atoms with E-state index < -0.39 is 0 Å². The van der Waals surface area contributed by atoms with Crippen LogP contribution in [0.15, 0.2) is 18.2 Å². The van der Waals surface area contributed by atoms with Crippen LogP contribution in [0.4, 0.5) is 5.69 Å². The van der Waals surface area contributed by atoms with Crippen LogP contribution in [0.3, 0.4) is 0 Å². The zero-order valence-corrected chi connectivity index (χ0v) is 16.7. The number of fused-ring (bicyclic) bond motifs is 1. The maximum Gasteiger partial charge on any atom is 0.133 e. The average Bonchev–Trinajstić information content (AvgIpc) is 3.01. The van der Waals surface area contributed by atoms with Crippen LogP contribution in [0, 0.1) is 5.92 Å². The molecule has 3 heterocycles. The Hall–Kier alpha value is -1.60. The maximum absolute atomic E-state index is 6.04. The third kappa shape index (κ3) is 4.14. The first-order chi connectivity index (χ1) is 13.1. The van der Waals surface area contributed by atoms with Gasteiger partial charge in [0.1, 0.15) is 12.0 Å². The van der Waals surface area contributed by atoms with Gasteiger partial charge in [0.05, 0.1) is 12.8 Å². The zero-order valence-electron chi connectivity index (χ0n) is 16.7. The summed E-state index contributed by atoms with van der Waals surface area (Å²) in [5, 5.41) is 17.7. The number of rotatable bonds is 4. The molecular weight excluding hydrogens is 338 g/mol. The molecule has 4 atom stereocenters. The Morgan fingerprint density at radius 2 is 2.07 bits per heavy atom. The molecule has 0 saturated carbocycles. The van der Waals surface area contributed by atoms with Gasteiger partial charge in [-0.2, -0.15) is 0 Å². The molecule has 1 aromatic rings. The SMILES string of the molecule is CNC1CC(C)NC(Nc2cc3c(c(C4=CCCNCC4C)c2)OCC3)N1. The van der Waals surface area contributed by atoms with E-state index in [2.05, 4.69) is 58.6 Å². The third-order valence-corrected chi connectivity index (χ3v) is 5.83. The molecule has 0 bridgehead atoms. The normalized spacial score (nSPS) is 30.9. The van der Waals surface area contributed by atoms with Gasteiger partial charge in [-0.25, -0.2) is 0 Å². The van der Waals surface area contributed by atoms with Gasteiger partial charge in [-0.15, -0.1) is 0 Å². The van der Waals surface area contributed by atoms with Crippen LogP contribution in [0.5, 0.6) is 5.75 Å². The van der Waals surface area contributed by atoms with Crippen LogP contribution in [-0.2, 0) is 6.42 Å². The van der Waals surface area contributed by atoms with Crippen molar-refractivity contribution in [1.29, 1.82) is 0 Å². The summed E-state index contributed by atoms with van der Waals surface area (Å²) in [4.78, 5) is 0. The lowest BCUT2D eigenvalue weighted by Gasteiger charge is -2.37. The molecule has 1 fully saturated rings. The largest absolute Gasteiger partial charge is 0.492 e. The summed E-state index contributed by atoms with van der Waals surface area (Å²) in [5.41, 5.74) is 5.13. The minimum absolute atomic E-state index is 0.0432. The number of hydrogen-bond donors (Lipinski definition) is 5. The van der Waals surface area contributed by atoms with E-state index >= 15 is 0 Å². The van der Waals surface area contributed by atoms with E-state index in [0.29, 0.717) is 18.1 Å². The number of hydrogen-bond acceptors (Lipinski definition) is 6. The minimum Gasteiger partial charge on any atom is -0.492 e. The molecular formula is C21H33N5O. The molecule has 0 spiro atoms. The lowest BCUT2D eigenvalue weighted by atomic mass is 9.91. The molecule has 3 aliphatic rings. The quantitative estimate of drug-likeness (QED) is 0.557. The highest BCUT2D eigenvalue weighted by Crippen LogP contribution is 2.40. The molecule has 3 aliphatic heterocycles. The van der Waals surface area contributed by atoms with E-state index in [1.807, 2.05) is 7.05 Å². The van der Waals surface area contributed by atoms with Crippen LogP contribution in [-0.4, -0.2) is 45.2 Å². The Morgan fingerprint density at radius 1 is 1.19 bits per heavy atom. The molecule has 6 nitrogen and oxygen atoms in total. The second-order valence-electron chi connectivity index (χ2n) is 8.05. The van der Waals surface area contributed by atoms with Gasteiger partial charge in [0.25, 0.3) is 0 Å². The number of benzene rings is 1. The van der Waals surface area contributed by atoms with Gasteiger partial charge in [0.15, 0.2) is 0 Å². The first-order valence-corrected chi connectivity index (χ1v) is 10.3. The van der Waals surface area contributed by atoms with Crippen molar-refractivity contribution >= 4 is 11.3 Å². The summed E-state index contributed by atoms with van der Waals surface area (Å²) in [5.74, 6) is 1.57. The number of nitrogens with one attached hydrogen (secondary N) is 5. The highest BCUT2D eigenvalue weighted by molar-refractivity contribution is 5.77. The molecule has 4 unspecified atom stereocenters. The van der Waals surface area contributed by atoms with Crippen molar-refractivity contribution in [3.05, 3.63) is 29.3 Å². The Labute approximate surface area is 162 Å². The lowest BCUT2D eigenvalue weighted by molar-refractivity contribution is 0.249. The van der Waals surface area contributed by atoms with E-state index in [1.54, 1.807) is 0 Å². The van der Waals surface area contributed by atoms with E-state index in [0.717, 1.165) is 50.4 Å². The molecule has 4 rings (SSSR count). The fourth-order valence-electron chi connectivity index (χ4n) is 4.42. The summed E-state index contributed by atoms with van der Waals surface area (Å²) in [6.45, 7) is 7.38. The smallest absolute Gasteiger partial charge is 0.133 e. The predicted octanol–water partition coefficient (Wildman–Crippen LogP) is 1.85. The van der Waals surface area contributed by atoms with Crippen LogP contribution in [0.2, 0.25) is 0 Å². The molecule has 1 saturated heterocycles. The van der Waals surface area contributed by atoms with E-state index in [-0.39, 0.29) is 6.29 Å². The lowest BCUT2D eigenvalue weighted by Crippen LogP contribution is -2.63. The van der Waals surface area contributed by atoms with Gasteiger partial charge in [-0.1, -0.05) is 13.0 Å². The second-order valence-corrected chi connectivity index (χ2v) is 8.05. The van der Waals surface area contributed by atoms with Crippen LogP contribution < -0.4 is 31.3 Å². The van der Waals surface area contributed by atoms with Crippen molar-refractivity contribution in [3.63, 3.8) is 0 Å². The van der Waals surface area contributed by atoms with Gasteiger partial charge in [-0.05, 0) is 57.0 Å².